The standard InChI is InChI=1S/C14H15N3O3/c15-11-4-5-13(18)17(9-11)10-14(19)20-8-6-12-3-1-2-7-16-12/h1-5,7,9H,6,8,10,15H2. The fourth-order valence-electron chi connectivity index (χ4n) is 1.67. The Bertz CT molecular complexity index is 638. The van der Waals surface area contributed by atoms with Crippen LogP contribution in [0, 0.1) is 0 Å². The molecule has 0 unspecified atom stereocenters. The van der Waals surface area contributed by atoms with Crippen molar-refractivity contribution in [2.45, 2.75) is 13.0 Å². The first-order valence-electron chi connectivity index (χ1n) is 6.16. The van der Waals surface area contributed by atoms with Crippen LogP contribution in [0.25, 0.3) is 0 Å². The maximum Gasteiger partial charge on any atom is 0.326 e. The van der Waals surface area contributed by atoms with Crippen LogP contribution < -0.4 is 11.3 Å². The maximum atomic E-state index is 11.6. The third-order valence-electron chi connectivity index (χ3n) is 2.65. The van der Waals surface area contributed by atoms with Gasteiger partial charge in [0.05, 0.1) is 6.61 Å². The van der Waals surface area contributed by atoms with Gasteiger partial charge in [0.2, 0.25) is 0 Å². The van der Waals surface area contributed by atoms with Crippen LogP contribution in [-0.2, 0) is 22.5 Å². The van der Waals surface area contributed by atoms with Crippen LogP contribution in [-0.4, -0.2) is 22.1 Å². The molecule has 0 bridgehead atoms. The summed E-state index contributed by atoms with van der Waals surface area (Å²) in [5.74, 6) is -0.478. The Morgan fingerprint density at radius 2 is 2.15 bits per heavy atom. The normalized spacial score (nSPS) is 10.2. The number of rotatable bonds is 5. The van der Waals surface area contributed by atoms with Crippen molar-refractivity contribution in [2.24, 2.45) is 0 Å². The molecular formula is C14H15N3O3. The zero-order valence-electron chi connectivity index (χ0n) is 10.9. The lowest BCUT2D eigenvalue weighted by Crippen LogP contribution is -2.25. The Kier molecular flexibility index (Phi) is 4.49. The third-order valence-corrected chi connectivity index (χ3v) is 2.65. The van der Waals surface area contributed by atoms with E-state index in [1.165, 1.54) is 22.9 Å². The number of nitrogen functional groups attached to an aromatic ring is 1. The Morgan fingerprint density at radius 1 is 1.30 bits per heavy atom. The van der Waals surface area contributed by atoms with E-state index in [1.54, 1.807) is 6.20 Å². The van der Waals surface area contributed by atoms with Gasteiger partial charge in [0.15, 0.2) is 0 Å². The number of ether oxygens (including phenoxy) is 1. The SMILES string of the molecule is Nc1ccc(=O)n(CC(=O)OCCc2ccccn2)c1. The van der Waals surface area contributed by atoms with Gasteiger partial charge < -0.3 is 15.0 Å². The summed E-state index contributed by atoms with van der Waals surface area (Å²) in [6, 6.07) is 8.36. The van der Waals surface area contributed by atoms with Crippen molar-refractivity contribution in [3.05, 3.63) is 58.8 Å². The quantitative estimate of drug-likeness (QED) is 0.806. The zero-order chi connectivity index (χ0) is 14.4. The van der Waals surface area contributed by atoms with Gasteiger partial charge in [-0.25, -0.2) is 0 Å². The minimum Gasteiger partial charge on any atom is -0.464 e. The van der Waals surface area contributed by atoms with Crippen LogP contribution in [0.3, 0.4) is 0 Å². The lowest BCUT2D eigenvalue weighted by Gasteiger charge is -2.07. The minimum absolute atomic E-state index is 0.147. The van der Waals surface area contributed by atoms with Crippen LogP contribution in [0.15, 0.2) is 47.5 Å². The van der Waals surface area contributed by atoms with Crippen molar-refractivity contribution in [1.82, 2.24) is 9.55 Å². The molecule has 104 valence electrons. The van der Waals surface area contributed by atoms with E-state index in [-0.39, 0.29) is 18.7 Å². The molecule has 6 nitrogen and oxygen atoms in total. The fourth-order valence-corrected chi connectivity index (χ4v) is 1.67. The number of carbonyl (C=O) groups is 1. The van der Waals surface area contributed by atoms with Gasteiger partial charge in [-0.15, -0.1) is 0 Å². The van der Waals surface area contributed by atoms with Crippen LogP contribution >= 0.6 is 0 Å². The van der Waals surface area contributed by atoms with Gasteiger partial charge in [-0.1, -0.05) is 6.07 Å². The molecule has 0 aliphatic heterocycles. The molecule has 2 heterocycles. The van der Waals surface area contributed by atoms with Crippen molar-refractivity contribution in [1.29, 1.82) is 0 Å². The molecule has 0 aromatic carbocycles. The highest BCUT2D eigenvalue weighted by molar-refractivity contribution is 5.69. The first kappa shape index (κ1) is 13.8. The van der Waals surface area contributed by atoms with Gasteiger partial charge in [-0.2, -0.15) is 0 Å². The van der Waals surface area contributed by atoms with Crippen LogP contribution in [0.1, 0.15) is 5.69 Å². The molecule has 0 spiro atoms. The van der Waals surface area contributed by atoms with Gasteiger partial charge in [0, 0.05) is 36.3 Å². The Hall–Kier alpha value is -2.63. The third kappa shape index (κ3) is 3.94. The van der Waals surface area contributed by atoms with E-state index in [0.29, 0.717) is 12.1 Å². The summed E-state index contributed by atoms with van der Waals surface area (Å²) in [5.41, 5.74) is 6.54. The molecule has 0 saturated heterocycles. The number of hydrogen-bond donors (Lipinski definition) is 1. The average Bonchev–Trinajstić information content (AvgIpc) is 2.44. The molecule has 0 fully saturated rings. The van der Waals surface area contributed by atoms with E-state index in [4.69, 9.17) is 10.5 Å². The molecule has 20 heavy (non-hydrogen) atoms. The summed E-state index contributed by atoms with van der Waals surface area (Å²) in [7, 11) is 0. The number of anilines is 1. The highest BCUT2D eigenvalue weighted by atomic mass is 16.5. The molecule has 6 heteroatoms. The predicted octanol–water partition coefficient (Wildman–Crippen LogP) is 0.611. The maximum absolute atomic E-state index is 11.6. The Labute approximate surface area is 115 Å². The van der Waals surface area contributed by atoms with E-state index in [0.717, 1.165) is 5.69 Å². The van der Waals surface area contributed by atoms with Gasteiger partial charge >= 0.3 is 5.97 Å². The second-order valence-corrected chi connectivity index (χ2v) is 4.22. The number of nitrogens with zero attached hydrogens (tertiary/aromatic N) is 2. The number of aromatic nitrogens is 2. The van der Waals surface area contributed by atoms with Crippen molar-refractivity contribution >= 4 is 11.7 Å². The molecule has 2 aromatic heterocycles. The summed E-state index contributed by atoms with van der Waals surface area (Å²) in [6.45, 7) is 0.0823. The molecule has 0 atom stereocenters. The highest BCUT2D eigenvalue weighted by Crippen LogP contribution is 1.98. The van der Waals surface area contributed by atoms with Crippen molar-refractivity contribution in [2.75, 3.05) is 12.3 Å². The fraction of sp³-hybridized carbons (Fsp3) is 0.214. The van der Waals surface area contributed by atoms with Crippen molar-refractivity contribution < 1.29 is 9.53 Å². The second-order valence-electron chi connectivity index (χ2n) is 4.22. The van der Waals surface area contributed by atoms with Gasteiger partial charge in [0.25, 0.3) is 5.56 Å². The highest BCUT2D eigenvalue weighted by Gasteiger charge is 2.06. The van der Waals surface area contributed by atoms with Crippen LogP contribution in [0.5, 0.6) is 0 Å². The second kappa shape index (κ2) is 6.51. The first-order valence-corrected chi connectivity index (χ1v) is 6.16. The van der Waals surface area contributed by atoms with E-state index in [2.05, 4.69) is 4.98 Å². The minimum atomic E-state index is -0.478. The summed E-state index contributed by atoms with van der Waals surface area (Å²) in [6.07, 6.45) is 3.64. The molecule has 0 saturated carbocycles. The molecule has 2 N–H and O–H groups in total. The topological polar surface area (TPSA) is 87.2 Å². The number of hydrogen-bond acceptors (Lipinski definition) is 5. The van der Waals surface area contributed by atoms with Gasteiger partial charge in [-0.3, -0.25) is 14.6 Å². The smallest absolute Gasteiger partial charge is 0.326 e. The number of carbonyl (C=O) groups excluding carboxylic acids is 1. The monoisotopic (exact) mass is 273 g/mol. The van der Waals surface area contributed by atoms with E-state index in [1.807, 2.05) is 18.2 Å². The van der Waals surface area contributed by atoms with E-state index in [9.17, 15) is 9.59 Å². The summed E-state index contributed by atoms with van der Waals surface area (Å²) in [5, 5.41) is 0. The van der Waals surface area contributed by atoms with Crippen LogP contribution in [0.2, 0.25) is 0 Å². The Balaban J connectivity index is 1.84. The molecular weight excluding hydrogens is 258 g/mol. The van der Waals surface area contributed by atoms with Crippen LogP contribution in [0.4, 0.5) is 5.69 Å². The largest absolute Gasteiger partial charge is 0.464 e. The number of pyridine rings is 2. The Morgan fingerprint density at radius 3 is 2.90 bits per heavy atom. The van der Waals surface area contributed by atoms with Gasteiger partial charge in [-0.05, 0) is 18.2 Å². The molecule has 2 aromatic rings. The summed E-state index contributed by atoms with van der Waals surface area (Å²) >= 11 is 0. The predicted molar refractivity (Wildman–Crippen MR) is 74.0 cm³/mol. The molecule has 0 aliphatic carbocycles. The average molecular weight is 273 g/mol. The lowest BCUT2D eigenvalue weighted by molar-refractivity contribution is -0.144. The summed E-state index contributed by atoms with van der Waals surface area (Å²) in [4.78, 5) is 27.2. The molecule has 2 rings (SSSR count). The van der Waals surface area contributed by atoms with E-state index >= 15 is 0 Å². The summed E-state index contributed by atoms with van der Waals surface area (Å²) < 4.78 is 6.29. The van der Waals surface area contributed by atoms with Gasteiger partial charge in [0.1, 0.15) is 6.54 Å². The number of nitrogens with two attached hydrogens (primary N) is 1. The van der Waals surface area contributed by atoms with Crippen molar-refractivity contribution in [3.8, 4) is 0 Å². The van der Waals surface area contributed by atoms with E-state index < -0.39 is 5.97 Å². The molecule has 0 aliphatic rings. The molecule has 0 amide bonds. The number of esters is 1. The first-order chi connectivity index (χ1) is 9.65. The molecule has 0 radical (unpaired) electrons. The van der Waals surface area contributed by atoms with Crippen molar-refractivity contribution in [3.63, 3.8) is 0 Å². The lowest BCUT2D eigenvalue weighted by atomic mass is 10.3. The zero-order valence-corrected chi connectivity index (χ0v) is 10.9.